The molecule has 0 bridgehead atoms. The fourth-order valence-corrected chi connectivity index (χ4v) is 15.7. The van der Waals surface area contributed by atoms with E-state index >= 15 is 0 Å². The van der Waals surface area contributed by atoms with Crippen LogP contribution in [-0.2, 0) is 74.6 Å². The lowest BCUT2D eigenvalue weighted by Gasteiger charge is -2.28. The second-order valence-corrected chi connectivity index (χ2v) is 29.4. The van der Waals surface area contributed by atoms with E-state index in [1.807, 2.05) is 0 Å². The van der Waals surface area contributed by atoms with E-state index in [4.69, 9.17) is 76.9 Å². The first-order chi connectivity index (χ1) is 44.8. The first kappa shape index (κ1) is 71.6. The summed E-state index contributed by atoms with van der Waals surface area (Å²) in [6.45, 7) is -4.46. The predicted octanol–water partition coefficient (Wildman–Crippen LogP) is 1.76. The van der Waals surface area contributed by atoms with Gasteiger partial charge in [-0.15, -0.1) is 0 Å². The van der Waals surface area contributed by atoms with Crippen molar-refractivity contribution in [2.45, 2.75) is 139 Å². The molecule has 0 radical (unpaired) electrons. The van der Waals surface area contributed by atoms with Crippen molar-refractivity contribution in [3.63, 3.8) is 0 Å². The van der Waals surface area contributed by atoms with E-state index in [0.29, 0.717) is 56.5 Å². The molecule has 10 rings (SSSR count). The fourth-order valence-electron chi connectivity index (χ4n) is 10.1. The smallest absolute Gasteiger partial charge is 0.432 e. The summed E-state index contributed by atoms with van der Waals surface area (Å²) in [5, 5.41) is 41.9. The normalized spacial score (nSPS) is 27.3. The number of aliphatic hydroxyl groups is 4. The van der Waals surface area contributed by atoms with Crippen LogP contribution >= 0.6 is 36.4 Å². The standard InChI is InChI=1S/2C26H35N6O13PS/c2*1-13(2)42-26(37)40-12-47-46(38,45-21-16(9-33)44-24(22(21)39-3)31-7-5-18(35)30-25(31)36)41-10-17-15(34)8-19(43-17)32-11-29-20-14(27)4-6-28-23(20)32/h2*4-7,11,13,15-17,19,21-22,24,33-34H,8-10,12H2,1-3H3,(H2,27,28)(H,30,35,36)/t15?,16-,17-,19-,21?,22+,24-,46+;15?,16-,17-,19-,21?,22+,24-,46-/m11/s1. The average molecular weight is 1410 g/mol. The lowest BCUT2D eigenvalue weighted by atomic mass is 10.1. The number of imidazole rings is 2. The highest BCUT2D eigenvalue weighted by Gasteiger charge is 2.53. The van der Waals surface area contributed by atoms with Crippen molar-refractivity contribution in [1.82, 2.24) is 48.2 Å². The fraction of sp³-hybridized carbons (Fsp3) is 0.577. The number of carbonyl (C=O) groups is 2. The van der Waals surface area contributed by atoms with Crippen LogP contribution in [0, 0.1) is 0 Å². The van der Waals surface area contributed by atoms with Gasteiger partial charge < -0.3 is 79.3 Å². The van der Waals surface area contributed by atoms with Crippen LogP contribution in [0.1, 0.15) is 65.4 Å². The van der Waals surface area contributed by atoms with Crippen molar-refractivity contribution in [2.24, 2.45) is 0 Å². The molecule has 516 valence electrons. The molecule has 16 atom stereocenters. The summed E-state index contributed by atoms with van der Waals surface area (Å²) in [5.74, 6) is -1.07. The van der Waals surface area contributed by atoms with Crippen LogP contribution in [0.4, 0.5) is 21.0 Å². The molecular formula is C52H70N12O26P2S2. The number of hydrogen-bond donors (Lipinski definition) is 8. The maximum atomic E-state index is 14.2. The average Bonchev–Trinajstić information content (AvgIpc) is 1.65. The van der Waals surface area contributed by atoms with E-state index in [2.05, 4.69) is 29.9 Å². The molecule has 4 unspecified atom stereocenters. The van der Waals surface area contributed by atoms with E-state index in [-0.39, 0.29) is 12.8 Å². The molecule has 4 fully saturated rings. The van der Waals surface area contributed by atoms with Crippen molar-refractivity contribution in [1.29, 1.82) is 0 Å². The molecule has 4 aliphatic rings. The first-order valence-electron chi connectivity index (χ1n) is 28.7. The Kier molecular flexibility index (Phi) is 24.0. The lowest BCUT2D eigenvalue weighted by molar-refractivity contribution is -0.0625. The third-order valence-corrected chi connectivity index (χ3v) is 21.2. The molecule has 6 aromatic rings. The van der Waals surface area contributed by atoms with Gasteiger partial charge in [-0.05, 0) is 39.8 Å². The number of aromatic amines is 2. The molecule has 0 aliphatic carbocycles. The number of rotatable bonds is 26. The molecule has 42 heteroatoms. The number of anilines is 2. The van der Waals surface area contributed by atoms with Gasteiger partial charge in [0.15, 0.2) is 35.6 Å². The molecule has 10 heterocycles. The van der Waals surface area contributed by atoms with Crippen molar-refractivity contribution in [2.75, 3.05) is 64.0 Å². The van der Waals surface area contributed by atoms with Crippen LogP contribution < -0.4 is 34.0 Å². The molecule has 0 saturated carbocycles. The summed E-state index contributed by atoms with van der Waals surface area (Å²) in [6, 6.07) is 5.39. The number of nitrogens with one attached hydrogen (secondary N) is 2. The first-order valence-corrected chi connectivity index (χ1v) is 35.0. The molecule has 4 aliphatic heterocycles. The Bertz CT molecular complexity index is 3680. The Labute approximate surface area is 539 Å². The van der Waals surface area contributed by atoms with E-state index in [9.17, 15) is 58.3 Å². The number of carbonyl (C=O) groups excluding carboxylic acids is 2. The molecule has 0 aromatic carbocycles. The Hall–Kier alpha value is -6.66. The van der Waals surface area contributed by atoms with E-state index < -0.39 is 185 Å². The number of nitrogen functional groups attached to an aromatic ring is 2. The molecule has 6 aromatic heterocycles. The zero-order valence-corrected chi connectivity index (χ0v) is 54.3. The maximum absolute atomic E-state index is 14.2. The van der Waals surface area contributed by atoms with Gasteiger partial charge >= 0.3 is 37.3 Å². The summed E-state index contributed by atoms with van der Waals surface area (Å²) in [5.41, 5.74) is 11.7. The topological polar surface area (TPSA) is 502 Å². The van der Waals surface area contributed by atoms with Crippen LogP contribution in [0.2, 0.25) is 0 Å². The number of nitrogens with two attached hydrogens (primary N) is 2. The zero-order valence-electron chi connectivity index (χ0n) is 50.9. The molecule has 94 heavy (non-hydrogen) atoms. The van der Waals surface area contributed by atoms with Gasteiger partial charge in [0.1, 0.15) is 72.3 Å². The number of nitrogens with zero attached hydrogens (tertiary/aromatic N) is 8. The van der Waals surface area contributed by atoms with Crippen molar-refractivity contribution in [3.05, 3.63) is 103 Å². The van der Waals surface area contributed by atoms with Crippen molar-refractivity contribution in [3.8, 4) is 0 Å². The SMILES string of the molecule is CO[C@H]1C(O[P@@](=O)(OC[C@H]2O[C@@H](n3cnc4c(N)ccnc43)CC2O)SCOC(=O)OC(C)C)[C@@H](CO)O[C@H]1n1ccc(=O)[nH]c1=O.CO[C@H]1C(O[P@](=O)(OC[C@H]2O[C@@H](n3cnc4c(N)ccnc43)CC2O)SCOC(=O)OC(C)C)[C@@H](CO)O[C@H]1n1ccc(=O)[nH]c1=O. The summed E-state index contributed by atoms with van der Waals surface area (Å²) >= 11 is 0.966. The Balaban J connectivity index is 0.000000221. The summed E-state index contributed by atoms with van der Waals surface area (Å²) < 4.78 is 112. The van der Waals surface area contributed by atoms with Crippen LogP contribution in [0.3, 0.4) is 0 Å². The molecule has 0 amide bonds. The third-order valence-electron chi connectivity index (χ3n) is 14.5. The molecule has 38 nitrogen and oxygen atoms in total. The Morgan fingerprint density at radius 3 is 1.35 bits per heavy atom. The van der Waals surface area contributed by atoms with E-state index in [1.54, 1.807) is 49.0 Å². The molecule has 0 spiro atoms. The molecule has 4 saturated heterocycles. The van der Waals surface area contributed by atoms with Crippen molar-refractivity contribution >= 4 is 82.4 Å². The van der Waals surface area contributed by atoms with Gasteiger partial charge in [-0.1, -0.05) is 0 Å². The molecule has 10 N–H and O–H groups in total. The van der Waals surface area contributed by atoms with Gasteiger partial charge in [-0.2, -0.15) is 0 Å². The summed E-state index contributed by atoms with van der Waals surface area (Å²) in [4.78, 5) is 93.5. The minimum atomic E-state index is -4.37. The maximum Gasteiger partial charge on any atom is 0.509 e. The number of pyridine rings is 2. The number of aromatic nitrogens is 10. The van der Waals surface area contributed by atoms with Gasteiger partial charge in [0.05, 0.1) is 74.9 Å². The quantitative estimate of drug-likeness (QED) is 0.0218. The van der Waals surface area contributed by atoms with Gasteiger partial charge in [0, 0.05) is 86.7 Å². The Morgan fingerprint density at radius 1 is 0.606 bits per heavy atom. The lowest BCUT2D eigenvalue weighted by Crippen LogP contribution is -2.39. The third kappa shape index (κ3) is 16.9. The number of aliphatic hydroxyl groups excluding tert-OH is 4. The van der Waals surface area contributed by atoms with E-state index in [1.165, 1.54) is 51.7 Å². The minimum absolute atomic E-state index is 0.114. The second-order valence-electron chi connectivity index (χ2n) is 21.5. The van der Waals surface area contributed by atoms with Crippen LogP contribution in [0.25, 0.3) is 22.3 Å². The number of fused-ring (bicyclic) bond motifs is 2. The largest absolute Gasteiger partial charge is 0.509 e. The second kappa shape index (κ2) is 31.5. The Morgan fingerprint density at radius 2 is 1.00 bits per heavy atom. The van der Waals surface area contributed by atoms with Crippen LogP contribution in [0.5, 0.6) is 0 Å². The minimum Gasteiger partial charge on any atom is -0.432 e. The van der Waals surface area contributed by atoms with Gasteiger partial charge in [-0.3, -0.25) is 55.9 Å². The highest BCUT2D eigenvalue weighted by Crippen LogP contribution is 2.64. The van der Waals surface area contributed by atoms with Gasteiger partial charge in [-0.25, -0.2) is 48.2 Å². The number of H-pyrrole nitrogens is 2. The van der Waals surface area contributed by atoms with Gasteiger partial charge in [0.25, 0.3) is 11.1 Å². The number of methoxy groups -OCH3 is 2. The predicted molar refractivity (Wildman–Crippen MR) is 326 cm³/mol. The van der Waals surface area contributed by atoms with E-state index in [0.717, 1.165) is 21.3 Å². The van der Waals surface area contributed by atoms with Gasteiger partial charge in [0.2, 0.25) is 0 Å². The zero-order chi connectivity index (χ0) is 67.8. The van der Waals surface area contributed by atoms with Crippen LogP contribution in [0.15, 0.2) is 80.9 Å². The number of ether oxygens (including phenoxy) is 10. The highest BCUT2D eigenvalue weighted by molar-refractivity contribution is 8.55. The number of hydrogen-bond acceptors (Lipinski definition) is 34. The van der Waals surface area contributed by atoms with Crippen molar-refractivity contribution < 1.29 is 105 Å². The highest BCUT2D eigenvalue weighted by atomic mass is 32.7. The summed E-state index contributed by atoms with van der Waals surface area (Å²) in [6.07, 6.45) is -9.66. The monoisotopic (exact) mass is 1400 g/mol. The van der Waals surface area contributed by atoms with Crippen LogP contribution in [-0.4, -0.2) is 207 Å². The summed E-state index contributed by atoms with van der Waals surface area (Å²) in [7, 11) is 2.56. The molecular weight excluding hydrogens is 1330 g/mol.